The first-order chi connectivity index (χ1) is 11.1. The van der Waals surface area contributed by atoms with Crippen LogP contribution in [0.4, 0.5) is 0 Å². The van der Waals surface area contributed by atoms with Gasteiger partial charge in [0.15, 0.2) is 0 Å². The minimum Gasteiger partial charge on any atom is -0.338 e. The predicted octanol–water partition coefficient (Wildman–Crippen LogP) is 3.73. The molecule has 1 fully saturated rings. The number of benzene rings is 1. The molecule has 0 spiro atoms. The number of amides is 1. The summed E-state index contributed by atoms with van der Waals surface area (Å²) in [6.07, 6.45) is 2.31. The Kier molecular flexibility index (Phi) is 4.29. The van der Waals surface area contributed by atoms with Gasteiger partial charge in [-0.3, -0.25) is 9.78 Å². The van der Waals surface area contributed by atoms with Crippen LogP contribution in [-0.2, 0) is 0 Å². The van der Waals surface area contributed by atoms with Gasteiger partial charge < -0.3 is 4.90 Å². The van der Waals surface area contributed by atoms with Crippen molar-refractivity contribution in [2.24, 2.45) is 5.92 Å². The summed E-state index contributed by atoms with van der Waals surface area (Å²) in [5, 5.41) is 9.92. The van der Waals surface area contributed by atoms with Crippen LogP contribution in [0.2, 0.25) is 0 Å². The van der Waals surface area contributed by atoms with Crippen LogP contribution >= 0.6 is 0 Å². The third-order valence-electron chi connectivity index (χ3n) is 4.35. The lowest BCUT2D eigenvalue weighted by Crippen LogP contribution is -2.34. The molecule has 1 heterocycles. The highest BCUT2D eigenvalue weighted by Gasteiger charge is 2.28. The minimum absolute atomic E-state index is 0.00454. The van der Waals surface area contributed by atoms with E-state index >= 15 is 0 Å². The average Bonchev–Trinajstić information content (AvgIpc) is 3.42. The molecule has 0 aliphatic heterocycles. The summed E-state index contributed by atoms with van der Waals surface area (Å²) in [6.45, 7) is 4.85. The molecule has 1 aromatic heterocycles. The third-order valence-corrected chi connectivity index (χ3v) is 4.35. The highest BCUT2D eigenvalue weighted by Crippen LogP contribution is 2.40. The second-order valence-corrected chi connectivity index (χ2v) is 6.26. The highest BCUT2D eigenvalue weighted by atomic mass is 16.2. The van der Waals surface area contributed by atoms with E-state index in [9.17, 15) is 4.79 Å². The van der Waals surface area contributed by atoms with Crippen LogP contribution in [0.3, 0.4) is 0 Å². The van der Waals surface area contributed by atoms with Crippen molar-refractivity contribution in [3.8, 4) is 6.07 Å². The van der Waals surface area contributed by atoms with Gasteiger partial charge in [-0.2, -0.15) is 5.26 Å². The number of para-hydroxylation sites is 1. The molecule has 0 radical (unpaired) electrons. The second kappa shape index (κ2) is 6.37. The van der Waals surface area contributed by atoms with E-state index in [1.807, 2.05) is 44.2 Å². The van der Waals surface area contributed by atoms with E-state index in [1.54, 1.807) is 4.90 Å². The molecule has 0 saturated heterocycles. The SMILES string of the molecule is CCN(C[C@H](C)C#N)C(=O)c1cc(C2CC2)nc2ccccc12. The summed E-state index contributed by atoms with van der Waals surface area (Å²) < 4.78 is 0. The number of nitriles is 1. The summed E-state index contributed by atoms with van der Waals surface area (Å²) in [5.74, 6) is 0.323. The lowest BCUT2D eigenvalue weighted by molar-refractivity contribution is 0.0754. The van der Waals surface area contributed by atoms with E-state index in [-0.39, 0.29) is 11.8 Å². The van der Waals surface area contributed by atoms with Crippen molar-refractivity contribution in [1.82, 2.24) is 9.88 Å². The molecule has 1 saturated carbocycles. The summed E-state index contributed by atoms with van der Waals surface area (Å²) in [4.78, 5) is 19.5. The van der Waals surface area contributed by atoms with E-state index < -0.39 is 0 Å². The van der Waals surface area contributed by atoms with Gasteiger partial charge in [-0.05, 0) is 38.8 Å². The van der Waals surface area contributed by atoms with Crippen LogP contribution in [0.15, 0.2) is 30.3 Å². The summed E-state index contributed by atoms with van der Waals surface area (Å²) in [6, 6.07) is 12.0. The molecule has 1 aliphatic carbocycles. The molecule has 1 aromatic carbocycles. The standard InChI is InChI=1S/C19H21N3O/c1-3-22(12-13(2)11-20)19(23)16-10-18(14-8-9-14)21-17-7-5-4-6-15(16)17/h4-7,10,13-14H,3,8-9,12H2,1-2H3/t13-/m1/s1. The first kappa shape index (κ1) is 15.5. The molecule has 0 bridgehead atoms. The van der Waals surface area contributed by atoms with Gasteiger partial charge in [0.2, 0.25) is 0 Å². The molecule has 4 nitrogen and oxygen atoms in total. The lowest BCUT2D eigenvalue weighted by Gasteiger charge is -2.23. The molecule has 118 valence electrons. The van der Waals surface area contributed by atoms with Crippen LogP contribution in [0.25, 0.3) is 10.9 Å². The number of carbonyl (C=O) groups is 1. The van der Waals surface area contributed by atoms with Crippen LogP contribution in [0, 0.1) is 17.2 Å². The van der Waals surface area contributed by atoms with E-state index in [2.05, 4.69) is 6.07 Å². The summed E-state index contributed by atoms with van der Waals surface area (Å²) in [7, 11) is 0. The summed E-state index contributed by atoms with van der Waals surface area (Å²) >= 11 is 0. The monoisotopic (exact) mass is 307 g/mol. The van der Waals surface area contributed by atoms with E-state index in [0.29, 0.717) is 24.6 Å². The van der Waals surface area contributed by atoms with Crippen LogP contribution < -0.4 is 0 Å². The maximum atomic E-state index is 13.0. The predicted molar refractivity (Wildman–Crippen MR) is 90.1 cm³/mol. The van der Waals surface area contributed by atoms with Gasteiger partial charge >= 0.3 is 0 Å². The third kappa shape index (κ3) is 3.19. The number of rotatable bonds is 5. The van der Waals surface area contributed by atoms with Gasteiger partial charge in [-0.25, -0.2) is 0 Å². The molecule has 1 amide bonds. The lowest BCUT2D eigenvalue weighted by atomic mass is 10.0. The first-order valence-corrected chi connectivity index (χ1v) is 8.22. The molecule has 1 atom stereocenters. The zero-order valence-electron chi connectivity index (χ0n) is 13.6. The smallest absolute Gasteiger partial charge is 0.254 e. The number of aromatic nitrogens is 1. The van der Waals surface area contributed by atoms with Crippen molar-refractivity contribution in [2.45, 2.75) is 32.6 Å². The quantitative estimate of drug-likeness (QED) is 0.845. The van der Waals surface area contributed by atoms with Gasteiger partial charge in [0.05, 0.1) is 23.1 Å². The van der Waals surface area contributed by atoms with Crippen LogP contribution in [0.1, 0.15) is 48.7 Å². The van der Waals surface area contributed by atoms with Gasteiger partial charge in [-0.15, -0.1) is 0 Å². The number of fused-ring (bicyclic) bond motifs is 1. The number of pyridine rings is 1. The van der Waals surface area contributed by atoms with Crippen molar-refractivity contribution in [1.29, 1.82) is 5.26 Å². The van der Waals surface area contributed by atoms with Crippen molar-refractivity contribution in [3.63, 3.8) is 0 Å². The largest absolute Gasteiger partial charge is 0.338 e. The van der Waals surface area contributed by atoms with Crippen molar-refractivity contribution >= 4 is 16.8 Å². The van der Waals surface area contributed by atoms with Crippen molar-refractivity contribution in [3.05, 3.63) is 41.6 Å². The maximum absolute atomic E-state index is 13.0. The number of nitrogens with zero attached hydrogens (tertiary/aromatic N) is 3. The fourth-order valence-corrected chi connectivity index (χ4v) is 2.86. The molecule has 1 aliphatic rings. The van der Waals surface area contributed by atoms with Crippen LogP contribution in [-0.4, -0.2) is 28.9 Å². The molecule has 23 heavy (non-hydrogen) atoms. The Hall–Kier alpha value is -2.41. The van der Waals surface area contributed by atoms with Crippen molar-refractivity contribution in [2.75, 3.05) is 13.1 Å². The molecule has 3 rings (SSSR count). The Balaban J connectivity index is 2.03. The van der Waals surface area contributed by atoms with Crippen molar-refractivity contribution < 1.29 is 4.79 Å². The number of hydrogen-bond acceptors (Lipinski definition) is 3. The van der Waals surface area contributed by atoms with Crippen LogP contribution in [0.5, 0.6) is 0 Å². The maximum Gasteiger partial charge on any atom is 0.254 e. The van der Waals surface area contributed by atoms with Gasteiger partial charge in [-0.1, -0.05) is 18.2 Å². The Morgan fingerprint density at radius 1 is 1.43 bits per heavy atom. The molecular weight excluding hydrogens is 286 g/mol. The number of carbonyl (C=O) groups excluding carboxylic acids is 1. The molecular formula is C19H21N3O. The Morgan fingerprint density at radius 3 is 2.83 bits per heavy atom. The normalized spacial score (nSPS) is 15.2. The van der Waals surface area contributed by atoms with E-state index in [1.165, 1.54) is 0 Å². The zero-order valence-corrected chi connectivity index (χ0v) is 13.6. The Labute approximate surface area is 136 Å². The van der Waals surface area contributed by atoms with Gasteiger partial charge in [0.25, 0.3) is 5.91 Å². The van der Waals surface area contributed by atoms with Gasteiger partial charge in [0, 0.05) is 30.1 Å². The highest BCUT2D eigenvalue weighted by molar-refractivity contribution is 6.06. The topological polar surface area (TPSA) is 57.0 Å². The first-order valence-electron chi connectivity index (χ1n) is 8.22. The molecule has 4 heteroatoms. The minimum atomic E-state index is -0.171. The zero-order chi connectivity index (χ0) is 16.4. The second-order valence-electron chi connectivity index (χ2n) is 6.26. The Bertz CT molecular complexity index is 774. The Morgan fingerprint density at radius 2 is 2.17 bits per heavy atom. The molecule has 0 N–H and O–H groups in total. The molecule has 2 aromatic rings. The van der Waals surface area contributed by atoms with E-state index in [0.717, 1.165) is 29.4 Å². The van der Waals surface area contributed by atoms with E-state index in [4.69, 9.17) is 10.2 Å². The summed E-state index contributed by atoms with van der Waals surface area (Å²) in [5.41, 5.74) is 2.62. The average molecular weight is 307 g/mol. The molecule has 0 unspecified atom stereocenters. The fraction of sp³-hybridized carbons (Fsp3) is 0.421. The van der Waals surface area contributed by atoms with Gasteiger partial charge in [0.1, 0.15) is 0 Å². The number of hydrogen-bond donors (Lipinski definition) is 0. The fourth-order valence-electron chi connectivity index (χ4n) is 2.86.